The molecule has 0 aromatic heterocycles. The average molecular weight is 303 g/mol. The maximum Gasteiger partial charge on any atom is 0.246 e. The van der Waals surface area contributed by atoms with Crippen LogP contribution in [0.4, 0.5) is 0 Å². The number of rotatable bonds is 8. The van der Waals surface area contributed by atoms with Crippen LogP contribution in [-0.4, -0.2) is 57.9 Å². The highest BCUT2D eigenvalue weighted by atomic mass is 32.2. The summed E-state index contributed by atoms with van der Waals surface area (Å²) in [6, 6.07) is -0.333. The molecule has 1 N–H and O–H groups in total. The molecule has 0 fully saturated rings. The van der Waals surface area contributed by atoms with Crippen molar-refractivity contribution in [1.82, 2.24) is 9.62 Å². The second-order valence-corrected chi connectivity index (χ2v) is 6.68. The zero-order valence-corrected chi connectivity index (χ0v) is 13.7. The van der Waals surface area contributed by atoms with E-state index in [1.165, 1.54) is 4.90 Å². The molecule has 0 aliphatic heterocycles. The van der Waals surface area contributed by atoms with Crippen molar-refractivity contribution in [2.75, 3.05) is 19.8 Å². The first-order valence-electron chi connectivity index (χ1n) is 6.50. The Morgan fingerprint density at radius 3 is 2.40 bits per heavy atom. The van der Waals surface area contributed by atoms with Crippen molar-refractivity contribution in [3.63, 3.8) is 0 Å². The normalized spacial score (nSPS) is 15.6. The Kier molecular flexibility index (Phi) is 7.67. The van der Waals surface area contributed by atoms with E-state index in [0.29, 0.717) is 0 Å². The van der Waals surface area contributed by atoms with Gasteiger partial charge in [0.1, 0.15) is 0 Å². The molecule has 0 radical (unpaired) electrons. The number of amides is 1. The molecule has 0 heterocycles. The summed E-state index contributed by atoms with van der Waals surface area (Å²) < 4.78 is 24.5. The molecular weight excluding hydrogens is 278 g/mol. The third kappa shape index (κ3) is 6.81. The van der Waals surface area contributed by atoms with Crippen LogP contribution in [0.3, 0.4) is 0 Å². The molecule has 0 saturated heterocycles. The molecule has 2 atom stereocenters. The smallest absolute Gasteiger partial charge is 0.246 e. The van der Waals surface area contributed by atoms with E-state index >= 15 is 0 Å². The Bertz CT molecular complexity index is 471. The van der Waals surface area contributed by atoms with E-state index in [1.807, 2.05) is 13.8 Å². The van der Waals surface area contributed by atoms with E-state index in [9.17, 15) is 13.2 Å². The van der Waals surface area contributed by atoms with Gasteiger partial charge in [-0.1, -0.05) is 6.92 Å². The van der Waals surface area contributed by atoms with Crippen molar-refractivity contribution in [3.8, 4) is 0 Å². The van der Waals surface area contributed by atoms with E-state index in [4.69, 9.17) is 0 Å². The van der Waals surface area contributed by atoms with Crippen LogP contribution >= 0.6 is 0 Å². The van der Waals surface area contributed by atoms with Crippen LogP contribution in [0, 0.1) is 0 Å². The Labute approximate surface area is 122 Å². The third-order valence-electron chi connectivity index (χ3n) is 3.18. The van der Waals surface area contributed by atoms with Gasteiger partial charge >= 0.3 is 0 Å². The summed E-state index contributed by atoms with van der Waals surface area (Å²) in [6.07, 6.45) is 3.36. The number of nitrogens with one attached hydrogen (secondary N) is 1. The van der Waals surface area contributed by atoms with Gasteiger partial charge in [0.25, 0.3) is 0 Å². The van der Waals surface area contributed by atoms with E-state index in [1.54, 1.807) is 20.0 Å². The second kappa shape index (κ2) is 8.16. The van der Waals surface area contributed by atoms with Gasteiger partial charge in [0, 0.05) is 25.7 Å². The number of carbonyl (C=O) groups excluding carboxylic acids is 1. The molecule has 1 amide bonds. The lowest BCUT2D eigenvalue weighted by molar-refractivity contribution is -0.126. The van der Waals surface area contributed by atoms with E-state index < -0.39 is 10.0 Å². The zero-order chi connectivity index (χ0) is 15.9. The number of carbonyl (C=O) groups is 1. The van der Waals surface area contributed by atoms with Crippen LogP contribution in [0.1, 0.15) is 27.2 Å². The summed E-state index contributed by atoms with van der Waals surface area (Å²) in [7, 11) is -1.60. The topological polar surface area (TPSA) is 78.8 Å². The molecular formula is C13H25N3O3S. The molecule has 116 valence electrons. The van der Waals surface area contributed by atoms with E-state index in [0.717, 1.165) is 18.2 Å². The SMILES string of the molecule is C=N[C@@H](C)/C(=C/C(=O)N(C)C(C)CNS(C)(=O)=O)CC. The highest BCUT2D eigenvalue weighted by Crippen LogP contribution is 2.11. The molecule has 0 spiro atoms. The van der Waals surface area contributed by atoms with Crippen LogP contribution in [0.5, 0.6) is 0 Å². The van der Waals surface area contributed by atoms with Gasteiger partial charge in [-0.15, -0.1) is 0 Å². The molecule has 0 saturated carbocycles. The van der Waals surface area contributed by atoms with Crippen LogP contribution in [0.25, 0.3) is 0 Å². The monoisotopic (exact) mass is 303 g/mol. The molecule has 6 nitrogen and oxygen atoms in total. The standard InChI is InChI=1S/C13H25N3O3S/c1-7-12(11(3)14-4)8-13(17)16(5)10(2)9-15-20(6,18)19/h8,10-11,15H,4,7,9H2,1-3,5-6H3/b12-8+/t10?,11-/m0/s1. The highest BCUT2D eigenvalue weighted by Gasteiger charge is 2.16. The van der Waals surface area contributed by atoms with Gasteiger partial charge in [0.05, 0.1) is 12.3 Å². The van der Waals surface area contributed by atoms with E-state index in [-0.39, 0.29) is 24.5 Å². The van der Waals surface area contributed by atoms with Crippen LogP contribution in [0.15, 0.2) is 16.6 Å². The number of hydrogen-bond donors (Lipinski definition) is 1. The molecule has 1 unspecified atom stereocenters. The summed E-state index contributed by atoms with van der Waals surface area (Å²) >= 11 is 0. The average Bonchev–Trinajstić information content (AvgIpc) is 2.39. The predicted octanol–water partition coefficient (Wildman–Crippen LogP) is 0.808. The molecule has 0 rings (SSSR count). The summed E-state index contributed by atoms with van der Waals surface area (Å²) in [5.74, 6) is -0.167. The van der Waals surface area contributed by atoms with Crippen molar-refractivity contribution in [2.24, 2.45) is 4.99 Å². The number of nitrogens with zero attached hydrogens (tertiary/aromatic N) is 2. The maximum atomic E-state index is 12.1. The maximum absolute atomic E-state index is 12.1. The predicted molar refractivity (Wildman–Crippen MR) is 82.5 cm³/mol. The van der Waals surface area contributed by atoms with Crippen LogP contribution < -0.4 is 4.72 Å². The minimum Gasteiger partial charge on any atom is -0.338 e. The van der Waals surface area contributed by atoms with Gasteiger partial charge in [0.15, 0.2) is 0 Å². The fourth-order valence-electron chi connectivity index (χ4n) is 1.52. The van der Waals surface area contributed by atoms with Gasteiger partial charge in [-0.05, 0) is 32.6 Å². The first-order valence-corrected chi connectivity index (χ1v) is 8.39. The Balaban J connectivity index is 4.75. The quantitative estimate of drug-likeness (QED) is 0.532. The summed E-state index contributed by atoms with van der Waals surface area (Å²) in [6.45, 7) is 9.28. The molecule has 0 aliphatic rings. The molecule has 0 bridgehead atoms. The van der Waals surface area contributed by atoms with E-state index in [2.05, 4.69) is 16.4 Å². The third-order valence-corrected chi connectivity index (χ3v) is 3.87. The minimum atomic E-state index is -3.25. The summed E-state index contributed by atoms with van der Waals surface area (Å²) in [5.41, 5.74) is 0.903. The Morgan fingerprint density at radius 1 is 1.45 bits per heavy atom. The first kappa shape index (κ1) is 18.8. The highest BCUT2D eigenvalue weighted by molar-refractivity contribution is 7.88. The van der Waals surface area contributed by atoms with Crippen LogP contribution in [0.2, 0.25) is 0 Å². The van der Waals surface area contributed by atoms with Crippen molar-refractivity contribution in [3.05, 3.63) is 11.6 Å². The molecule has 0 aliphatic carbocycles. The molecule has 7 heteroatoms. The molecule has 0 aromatic carbocycles. The number of hydrogen-bond acceptors (Lipinski definition) is 4. The van der Waals surface area contributed by atoms with Crippen molar-refractivity contribution in [1.29, 1.82) is 0 Å². The fraction of sp³-hybridized carbons (Fsp3) is 0.692. The van der Waals surface area contributed by atoms with Gasteiger partial charge in [-0.3, -0.25) is 9.79 Å². The summed E-state index contributed by atoms with van der Waals surface area (Å²) in [5, 5.41) is 0. The minimum absolute atomic E-state index is 0.0956. The van der Waals surface area contributed by atoms with Gasteiger partial charge in [-0.25, -0.2) is 13.1 Å². The lowest BCUT2D eigenvalue weighted by Crippen LogP contribution is -2.42. The Hall–Kier alpha value is -1.21. The van der Waals surface area contributed by atoms with Crippen molar-refractivity contribution in [2.45, 2.75) is 39.3 Å². The zero-order valence-electron chi connectivity index (χ0n) is 12.9. The fourth-order valence-corrected chi connectivity index (χ4v) is 2.07. The van der Waals surface area contributed by atoms with Crippen molar-refractivity contribution < 1.29 is 13.2 Å². The lowest BCUT2D eigenvalue weighted by Gasteiger charge is -2.24. The number of likely N-dealkylation sites (N-methyl/N-ethyl adjacent to an activating group) is 1. The second-order valence-electron chi connectivity index (χ2n) is 4.85. The molecule has 20 heavy (non-hydrogen) atoms. The summed E-state index contributed by atoms with van der Waals surface area (Å²) in [4.78, 5) is 17.5. The Morgan fingerprint density at radius 2 is 2.00 bits per heavy atom. The van der Waals surface area contributed by atoms with Gasteiger partial charge in [0.2, 0.25) is 15.9 Å². The number of aliphatic imine (C=N–C) groups is 1. The molecule has 0 aromatic rings. The number of sulfonamides is 1. The lowest BCUT2D eigenvalue weighted by atomic mass is 10.1. The largest absolute Gasteiger partial charge is 0.338 e. The van der Waals surface area contributed by atoms with Gasteiger partial charge in [-0.2, -0.15) is 0 Å². The van der Waals surface area contributed by atoms with Crippen molar-refractivity contribution >= 4 is 22.6 Å². The van der Waals surface area contributed by atoms with Gasteiger partial charge < -0.3 is 4.90 Å². The first-order chi connectivity index (χ1) is 9.12. The van der Waals surface area contributed by atoms with Crippen LogP contribution in [-0.2, 0) is 14.8 Å².